The molecule has 1 atom stereocenters. The number of hydrogen-bond donors (Lipinski definition) is 2. The molecule has 1 aromatic carbocycles. The van der Waals surface area contributed by atoms with Crippen LogP contribution in [0.5, 0.6) is 0 Å². The third kappa shape index (κ3) is 3.52. The van der Waals surface area contributed by atoms with Crippen molar-refractivity contribution in [2.75, 3.05) is 5.32 Å². The van der Waals surface area contributed by atoms with Gasteiger partial charge in [-0.1, -0.05) is 18.2 Å². The standard InChI is InChI=1S/C17H13FN4O2/c18-13-5-3-4-11(8-13)15(14-6-1-2-7-19-14)22-17-20-9-12(10-21-17)16(23)24/h1-10,15H,(H,23,24)(H,20,21,22). The number of rotatable bonds is 5. The van der Waals surface area contributed by atoms with Gasteiger partial charge in [-0.2, -0.15) is 0 Å². The van der Waals surface area contributed by atoms with Gasteiger partial charge in [0.2, 0.25) is 5.95 Å². The van der Waals surface area contributed by atoms with Crippen LogP contribution in [0.1, 0.15) is 27.7 Å². The van der Waals surface area contributed by atoms with Crippen LogP contribution in [0.2, 0.25) is 0 Å². The van der Waals surface area contributed by atoms with E-state index in [9.17, 15) is 9.18 Å². The van der Waals surface area contributed by atoms with Crippen molar-refractivity contribution >= 4 is 11.9 Å². The van der Waals surface area contributed by atoms with Gasteiger partial charge in [0.25, 0.3) is 0 Å². The van der Waals surface area contributed by atoms with Gasteiger partial charge in [0.05, 0.1) is 17.3 Å². The molecule has 7 heteroatoms. The van der Waals surface area contributed by atoms with Crippen molar-refractivity contribution in [2.24, 2.45) is 0 Å². The molecule has 0 spiro atoms. The summed E-state index contributed by atoms with van der Waals surface area (Å²) in [6.45, 7) is 0. The third-order valence-electron chi connectivity index (χ3n) is 3.34. The van der Waals surface area contributed by atoms with Crippen molar-refractivity contribution in [1.82, 2.24) is 15.0 Å². The molecule has 0 aliphatic carbocycles. The molecule has 0 radical (unpaired) electrons. The Kier molecular flexibility index (Phi) is 4.42. The molecule has 0 saturated heterocycles. The first-order valence-corrected chi connectivity index (χ1v) is 7.12. The lowest BCUT2D eigenvalue weighted by Crippen LogP contribution is -2.16. The van der Waals surface area contributed by atoms with Gasteiger partial charge in [0, 0.05) is 18.6 Å². The summed E-state index contributed by atoms with van der Waals surface area (Å²) < 4.78 is 13.6. The van der Waals surface area contributed by atoms with Crippen molar-refractivity contribution in [3.8, 4) is 0 Å². The van der Waals surface area contributed by atoms with Gasteiger partial charge >= 0.3 is 5.97 Å². The minimum atomic E-state index is -1.10. The summed E-state index contributed by atoms with van der Waals surface area (Å²) in [7, 11) is 0. The maximum atomic E-state index is 13.6. The first kappa shape index (κ1) is 15.5. The highest BCUT2D eigenvalue weighted by Gasteiger charge is 2.17. The van der Waals surface area contributed by atoms with Crippen molar-refractivity contribution in [2.45, 2.75) is 6.04 Å². The zero-order chi connectivity index (χ0) is 16.9. The van der Waals surface area contributed by atoms with Crippen molar-refractivity contribution in [3.05, 3.63) is 83.7 Å². The smallest absolute Gasteiger partial charge is 0.338 e. The Balaban J connectivity index is 1.94. The monoisotopic (exact) mass is 324 g/mol. The zero-order valence-electron chi connectivity index (χ0n) is 12.4. The Morgan fingerprint density at radius 3 is 2.50 bits per heavy atom. The lowest BCUT2D eigenvalue weighted by molar-refractivity contribution is 0.0696. The van der Waals surface area contributed by atoms with Gasteiger partial charge in [-0.3, -0.25) is 4.98 Å². The molecular weight excluding hydrogens is 311 g/mol. The average Bonchev–Trinajstić information content (AvgIpc) is 2.61. The number of nitrogens with zero attached hydrogens (tertiary/aromatic N) is 3. The number of halogens is 1. The molecule has 0 fully saturated rings. The first-order valence-electron chi connectivity index (χ1n) is 7.12. The molecule has 6 nitrogen and oxygen atoms in total. The highest BCUT2D eigenvalue weighted by Crippen LogP contribution is 2.24. The normalized spacial score (nSPS) is 11.7. The molecule has 0 aliphatic rings. The second-order valence-electron chi connectivity index (χ2n) is 4.99. The van der Waals surface area contributed by atoms with Gasteiger partial charge in [-0.25, -0.2) is 19.2 Å². The number of carbonyl (C=O) groups is 1. The summed E-state index contributed by atoms with van der Waals surface area (Å²) in [6, 6.07) is 11.1. The van der Waals surface area contributed by atoms with Gasteiger partial charge in [0.15, 0.2) is 0 Å². The van der Waals surface area contributed by atoms with Crippen molar-refractivity contribution < 1.29 is 14.3 Å². The second kappa shape index (κ2) is 6.82. The van der Waals surface area contributed by atoms with E-state index < -0.39 is 12.0 Å². The summed E-state index contributed by atoms with van der Waals surface area (Å²) in [5, 5.41) is 12.0. The molecule has 3 aromatic rings. The van der Waals surface area contributed by atoms with E-state index >= 15 is 0 Å². The van der Waals surface area contributed by atoms with Gasteiger partial charge in [-0.15, -0.1) is 0 Å². The SMILES string of the molecule is O=C(O)c1cnc(NC(c2cccc(F)c2)c2ccccn2)nc1. The number of anilines is 1. The number of pyridine rings is 1. The quantitative estimate of drug-likeness (QED) is 0.750. The first-order chi connectivity index (χ1) is 11.6. The molecule has 0 bridgehead atoms. The topological polar surface area (TPSA) is 88.0 Å². The fourth-order valence-electron chi connectivity index (χ4n) is 2.20. The summed E-state index contributed by atoms with van der Waals surface area (Å²) in [4.78, 5) is 23.1. The lowest BCUT2D eigenvalue weighted by atomic mass is 10.0. The van der Waals surface area contributed by atoms with Crippen LogP contribution in [0.3, 0.4) is 0 Å². The Morgan fingerprint density at radius 1 is 1.08 bits per heavy atom. The van der Waals surface area contributed by atoms with E-state index in [1.54, 1.807) is 30.5 Å². The minimum absolute atomic E-state index is 0.0132. The predicted molar refractivity (Wildman–Crippen MR) is 85.1 cm³/mol. The maximum Gasteiger partial charge on any atom is 0.338 e. The number of aromatic nitrogens is 3. The second-order valence-corrected chi connectivity index (χ2v) is 4.99. The van der Waals surface area contributed by atoms with E-state index in [0.717, 1.165) is 0 Å². The van der Waals surface area contributed by atoms with Crippen LogP contribution in [0, 0.1) is 5.82 Å². The molecule has 24 heavy (non-hydrogen) atoms. The van der Waals surface area contributed by atoms with Gasteiger partial charge in [0.1, 0.15) is 5.82 Å². The van der Waals surface area contributed by atoms with E-state index in [4.69, 9.17) is 5.11 Å². The summed E-state index contributed by atoms with van der Waals surface area (Å²) in [5.41, 5.74) is 1.30. The van der Waals surface area contributed by atoms with E-state index in [1.165, 1.54) is 24.5 Å². The largest absolute Gasteiger partial charge is 0.478 e. The van der Waals surface area contributed by atoms with Crippen molar-refractivity contribution in [3.63, 3.8) is 0 Å². The summed E-state index contributed by atoms with van der Waals surface area (Å²) >= 11 is 0. The Labute approximate surface area is 137 Å². The third-order valence-corrected chi connectivity index (χ3v) is 3.34. The van der Waals surface area contributed by atoms with E-state index in [2.05, 4.69) is 20.3 Å². The van der Waals surface area contributed by atoms with E-state index in [-0.39, 0.29) is 17.3 Å². The van der Waals surface area contributed by atoms with Crippen LogP contribution in [0.4, 0.5) is 10.3 Å². The summed E-state index contributed by atoms with van der Waals surface area (Å²) in [5.74, 6) is -1.25. The van der Waals surface area contributed by atoms with Gasteiger partial charge < -0.3 is 10.4 Å². The molecule has 1 unspecified atom stereocenters. The van der Waals surface area contributed by atoms with E-state index in [1.807, 2.05) is 6.07 Å². The molecule has 0 saturated carbocycles. The molecule has 2 aromatic heterocycles. The molecule has 3 rings (SSSR count). The molecule has 0 amide bonds. The highest BCUT2D eigenvalue weighted by molar-refractivity contribution is 5.86. The number of carboxylic acids is 1. The fraction of sp³-hybridized carbons (Fsp3) is 0.0588. The molecule has 2 N–H and O–H groups in total. The predicted octanol–water partition coefficient (Wildman–Crippen LogP) is 2.91. The lowest BCUT2D eigenvalue weighted by Gasteiger charge is -2.18. The number of hydrogen-bond acceptors (Lipinski definition) is 5. The Morgan fingerprint density at radius 2 is 1.88 bits per heavy atom. The van der Waals surface area contributed by atoms with Crippen molar-refractivity contribution in [1.29, 1.82) is 0 Å². The number of benzene rings is 1. The van der Waals surface area contributed by atoms with Crippen LogP contribution in [0.15, 0.2) is 61.1 Å². The number of carboxylic acid groups (broad SMARTS) is 1. The number of nitrogens with one attached hydrogen (secondary N) is 1. The van der Waals surface area contributed by atoms with Crippen LogP contribution in [-0.2, 0) is 0 Å². The fourth-order valence-corrected chi connectivity index (χ4v) is 2.20. The minimum Gasteiger partial charge on any atom is -0.478 e. The maximum absolute atomic E-state index is 13.6. The zero-order valence-corrected chi connectivity index (χ0v) is 12.4. The Bertz CT molecular complexity index is 841. The van der Waals surface area contributed by atoms with Crippen LogP contribution in [0.25, 0.3) is 0 Å². The molecule has 0 aliphatic heterocycles. The molecule has 120 valence electrons. The molecule has 2 heterocycles. The Hall–Kier alpha value is -3.35. The highest BCUT2D eigenvalue weighted by atomic mass is 19.1. The molecular formula is C17H13FN4O2. The van der Waals surface area contributed by atoms with Gasteiger partial charge in [-0.05, 0) is 29.8 Å². The van der Waals surface area contributed by atoms with Crippen LogP contribution in [-0.4, -0.2) is 26.0 Å². The van der Waals surface area contributed by atoms with Crippen LogP contribution >= 0.6 is 0 Å². The van der Waals surface area contributed by atoms with Crippen LogP contribution < -0.4 is 5.32 Å². The summed E-state index contributed by atoms with van der Waals surface area (Å²) in [6.07, 6.45) is 4.05. The van der Waals surface area contributed by atoms with E-state index in [0.29, 0.717) is 11.3 Å². The average molecular weight is 324 g/mol. The number of aromatic carboxylic acids is 1.